The molecule has 0 saturated heterocycles. The Labute approximate surface area is 492 Å². The number of para-hydroxylation sites is 1. The van der Waals surface area contributed by atoms with Crippen LogP contribution in [0.2, 0.25) is 19.6 Å². The maximum Gasteiger partial charge on any atom is 0.264 e. The normalized spacial score (nSPS) is 19.5. The van der Waals surface area contributed by atoms with E-state index in [0.29, 0.717) is 0 Å². The number of fused-ring (bicyclic) bond motifs is 9. The van der Waals surface area contributed by atoms with Crippen molar-refractivity contribution in [2.75, 3.05) is 14.7 Å². The molecule has 81 heavy (non-hydrogen) atoms. The molecule has 416 valence electrons. The highest BCUT2D eigenvalue weighted by Gasteiger charge is 2.50. The van der Waals surface area contributed by atoms with Crippen molar-refractivity contribution in [1.29, 1.82) is 0 Å². The molecule has 0 N–H and O–H groups in total. The molecule has 0 unspecified atom stereocenters. The third-order valence-corrected chi connectivity index (χ3v) is 24.2. The maximum atomic E-state index is 2.75. The summed E-state index contributed by atoms with van der Waals surface area (Å²) in [5, 5.41) is 2.84. The molecule has 6 heteroatoms. The Hall–Kier alpha value is -5.82. The Morgan fingerprint density at radius 1 is 0.457 bits per heavy atom. The molecule has 0 bridgehead atoms. The summed E-state index contributed by atoms with van der Waals surface area (Å²) in [7, 11) is -1.59. The molecule has 0 fully saturated rings. The summed E-state index contributed by atoms with van der Waals surface area (Å²) in [5.74, 6) is 0. The fourth-order valence-corrected chi connectivity index (χ4v) is 17.7. The van der Waals surface area contributed by atoms with Gasteiger partial charge in [-0.3, -0.25) is 0 Å². The highest BCUT2D eigenvalue weighted by Crippen LogP contribution is 2.56. The summed E-state index contributed by atoms with van der Waals surface area (Å²) in [6, 6.07) is 54.1. The fraction of sp³-hybridized carbons (Fsp3) is 0.413. The second-order valence-electron chi connectivity index (χ2n) is 31.5. The van der Waals surface area contributed by atoms with Crippen molar-refractivity contribution >= 4 is 108 Å². The average Bonchev–Trinajstić information content (AvgIpc) is 2.05. The number of rotatable bonds is 6. The molecule has 3 heterocycles. The first kappa shape index (κ1) is 54.4. The van der Waals surface area contributed by atoms with Crippen LogP contribution < -0.4 is 35.6 Å². The van der Waals surface area contributed by atoms with Crippen molar-refractivity contribution in [2.45, 2.75) is 200 Å². The molecular formula is C75H88BN3SSi. The van der Waals surface area contributed by atoms with E-state index < -0.39 is 8.07 Å². The van der Waals surface area contributed by atoms with E-state index in [1.54, 1.807) is 0 Å². The molecule has 3 nitrogen and oxygen atoms in total. The lowest BCUT2D eigenvalue weighted by atomic mass is 9.35. The zero-order valence-electron chi connectivity index (χ0n) is 52.3. The quantitative estimate of drug-likeness (QED) is 0.154. The summed E-state index contributed by atoms with van der Waals surface area (Å²) >= 11 is 2.07. The molecule has 8 aromatic rings. The SMILES string of the molecule is CC(C)(C)c1ccc(N2c3cc(N(c4ccccc4)c4ccc([Si](C)(C)C)cc4)cc4c3B(c3cc5c(cc3N4c3ccc4c(c3)C(C)(C)CCC4(C)C)C(C)(C)CCC5(C)C)c3sc4cc5c(cc4c32)C(C)(C)CCC5(C)C)cc1. The van der Waals surface area contributed by atoms with Crippen LogP contribution in [-0.4, -0.2) is 14.8 Å². The van der Waals surface area contributed by atoms with Crippen LogP contribution in [0.25, 0.3) is 10.1 Å². The molecule has 2 aliphatic heterocycles. The van der Waals surface area contributed by atoms with E-state index in [2.05, 4.69) is 283 Å². The molecule has 0 spiro atoms. The number of benzene rings is 7. The molecule has 3 aliphatic carbocycles. The Morgan fingerprint density at radius 2 is 0.938 bits per heavy atom. The topological polar surface area (TPSA) is 9.72 Å². The summed E-state index contributed by atoms with van der Waals surface area (Å²) in [4.78, 5) is 8.04. The van der Waals surface area contributed by atoms with Gasteiger partial charge in [0.15, 0.2) is 0 Å². The first-order valence-corrected chi connectivity index (χ1v) is 35.0. The van der Waals surface area contributed by atoms with Gasteiger partial charge in [0, 0.05) is 54.7 Å². The van der Waals surface area contributed by atoms with Gasteiger partial charge in [-0.25, -0.2) is 0 Å². The first-order valence-electron chi connectivity index (χ1n) is 30.7. The van der Waals surface area contributed by atoms with Gasteiger partial charge in [0.05, 0.1) is 19.4 Å². The summed E-state index contributed by atoms with van der Waals surface area (Å²) in [6.45, 7) is 44.3. The Balaban J connectivity index is 1.20. The van der Waals surface area contributed by atoms with E-state index in [0.717, 1.165) is 24.2 Å². The van der Waals surface area contributed by atoms with E-state index in [1.165, 1.54) is 135 Å². The minimum atomic E-state index is -1.59. The molecule has 0 atom stereocenters. The Kier molecular flexibility index (Phi) is 12.0. The summed E-state index contributed by atoms with van der Waals surface area (Å²) in [6.07, 6.45) is 7.03. The van der Waals surface area contributed by atoms with Gasteiger partial charge in [-0.15, -0.1) is 11.3 Å². The fourth-order valence-electron chi connectivity index (χ4n) is 15.2. The molecule has 5 aliphatic rings. The highest BCUT2D eigenvalue weighted by molar-refractivity contribution is 7.33. The van der Waals surface area contributed by atoms with Crippen LogP contribution in [0.4, 0.5) is 51.2 Å². The van der Waals surface area contributed by atoms with E-state index >= 15 is 0 Å². The van der Waals surface area contributed by atoms with Crippen molar-refractivity contribution in [1.82, 2.24) is 0 Å². The third kappa shape index (κ3) is 8.58. The van der Waals surface area contributed by atoms with Crippen molar-refractivity contribution in [2.24, 2.45) is 0 Å². The number of anilines is 9. The predicted octanol–water partition coefficient (Wildman–Crippen LogP) is 19.3. The lowest BCUT2D eigenvalue weighted by Gasteiger charge is -2.48. The van der Waals surface area contributed by atoms with Crippen molar-refractivity contribution in [3.8, 4) is 0 Å². The third-order valence-electron chi connectivity index (χ3n) is 20.9. The van der Waals surface area contributed by atoms with E-state index in [1.807, 2.05) is 0 Å². The van der Waals surface area contributed by atoms with Crippen LogP contribution >= 0.6 is 11.3 Å². The second-order valence-corrected chi connectivity index (χ2v) is 37.6. The molecule has 1 aromatic heterocycles. The van der Waals surface area contributed by atoms with Crippen molar-refractivity contribution in [3.63, 3.8) is 0 Å². The largest absolute Gasteiger partial charge is 0.311 e. The second kappa shape index (κ2) is 17.9. The summed E-state index contributed by atoms with van der Waals surface area (Å²) < 4.78 is 2.85. The number of hydrogen-bond acceptors (Lipinski definition) is 4. The van der Waals surface area contributed by atoms with Crippen LogP contribution in [0.1, 0.15) is 181 Å². The lowest BCUT2D eigenvalue weighted by molar-refractivity contribution is 0.332. The molecule has 0 amide bonds. The van der Waals surface area contributed by atoms with Crippen molar-refractivity contribution < 1.29 is 0 Å². The molecule has 13 rings (SSSR count). The molecule has 0 radical (unpaired) electrons. The predicted molar refractivity (Wildman–Crippen MR) is 358 cm³/mol. The van der Waals surface area contributed by atoms with Gasteiger partial charge in [0.2, 0.25) is 0 Å². The smallest absolute Gasteiger partial charge is 0.264 e. The first-order chi connectivity index (χ1) is 37.9. The van der Waals surface area contributed by atoms with Gasteiger partial charge in [-0.1, -0.05) is 183 Å². The average molecular weight is 1100 g/mol. The standard InChI is InChI=1S/C75H88BN3SSi/c1-69(2,3)47-24-26-50(27-25-47)79-64-42-52(77(48-22-20-19-21-23-48)49-28-31-53(32-29-49)81(16,17)18)41-63-66(64)76(68-67(79)54-43-57-60(46-65(54)80-68)75(14,15)39-36-72(57,8)9)61-44-58-59(74(12,13)38-37-73(58,10)11)45-62(61)78(63)51-30-33-55-56(40-51)71(6,7)35-34-70(55,4)5/h19-33,40-46H,34-39H2,1-18H3. The van der Waals surface area contributed by atoms with Gasteiger partial charge in [0.1, 0.15) is 0 Å². The Morgan fingerprint density at radius 3 is 1.49 bits per heavy atom. The van der Waals surface area contributed by atoms with Crippen LogP contribution in [0.3, 0.4) is 0 Å². The zero-order chi connectivity index (χ0) is 57.5. The van der Waals surface area contributed by atoms with Gasteiger partial charge >= 0.3 is 0 Å². The molecule has 7 aromatic carbocycles. The lowest BCUT2D eigenvalue weighted by Crippen LogP contribution is -2.61. The van der Waals surface area contributed by atoms with Crippen LogP contribution in [-0.2, 0) is 37.9 Å². The van der Waals surface area contributed by atoms with Crippen molar-refractivity contribution in [3.05, 3.63) is 172 Å². The van der Waals surface area contributed by atoms with Crippen LogP contribution in [0.15, 0.2) is 133 Å². The number of nitrogens with zero attached hydrogens (tertiary/aromatic N) is 3. The van der Waals surface area contributed by atoms with Gasteiger partial charge in [-0.2, -0.15) is 0 Å². The van der Waals surface area contributed by atoms with E-state index in [9.17, 15) is 0 Å². The minimum Gasteiger partial charge on any atom is -0.311 e. The molecular weight excluding hydrogens is 1010 g/mol. The monoisotopic (exact) mass is 1100 g/mol. The number of hydrogen-bond donors (Lipinski definition) is 0. The molecule has 0 saturated carbocycles. The van der Waals surface area contributed by atoms with Crippen LogP contribution in [0.5, 0.6) is 0 Å². The number of thiophene rings is 1. The maximum absolute atomic E-state index is 2.75. The van der Waals surface area contributed by atoms with E-state index in [4.69, 9.17) is 0 Å². The van der Waals surface area contributed by atoms with Gasteiger partial charge < -0.3 is 14.7 Å². The zero-order valence-corrected chi connectivity index (χ0v) is 54.1. The van der Waals surface area contributed by atoms with Gasteiger partial charge in [0.25, 0.3) is 6.71 Å². The van der Waals surface area contributed by atoms with E-state index in [-0.39, 0.29) is 44.6 Å². The Bertz CT molecular complexity index is 3860. The van der Waals surface area contributed by atoms with Crippen LogP contribution in [0, 0.1) is 0 Å². The minimum absolute atomic E-state index is 0.00779. The highest BCUT2D eigenvalue weighted by atomic mass is 32.1. The summed E-state index contributed by atoms with van der Waals surface area (Å²) in [5.41, 5.74) is 24.6. The van der Waals surface area contributed by atoms with Gasteiger partial charge in [-0.05, 0) is 205 Å².